The van der Waals surface area contributed by atoms with E-state index in [0.717, 1.165) is 69.5 Å². The molecular weight excluding hydrogens is 493 g/mol. The highest BCUT2D eigenvalue weighted by Gasteiger charge is 2.14. The van der Waals surface area contributed by atoms with Gasteiger partial charge in [0.15, 0.2) is 5.13 Å². The Hall–Kier alpha value is -3.50. The van der Waals surface area contributed by atoms with Gasteiger partial charge in [-0.25, -0.2) is 4.98 Å². The van der Waals surface area contributed by atoms with Gasteiger partial charge >= 0.3 is 0 Å². The van der Waals surface area contributed by atoms with E-state index in [4.69, 9.17) is 0 Å². The third-order valence-electron chi connectivity index (χ3n) is 6.17. The van der Waals surface area contributed by atoms with Crippen LogP contribution in [0.2, 0.25) is 0 Å². The lowest BCUT2D eigenvalue weighted by Gasteiger charge is -2.23. The van der Waals surface area contributed by atoms with E-state index in [-0.39, 0.29) is 5.13 Å². The lowest BCUT2D eigenvalue weighted by molar-refractivity contribution is 0.653. The molecule has 1 fully saturated rings. The number of thiophene rings is 1. The molecule has 2 aromatic heterocycles. The molecule has 0 unspecified atom stereocenters. The maximum atomic E-state index is 13.1. The molecule has 0 atom stereocenters. The van der Waals surface area contributed by atoms with Gasteiger partial charge in [-0.1, -0.05) is 22.7 Å². The summed E-state index contributed by atoms with van der Waals surface area (Å²) in [6.45, 7) is 6.40. The van der Waals surface area contributed by atoms with Crippen molar-refractivity contribution in [2.75, 3.05) is 40.8 Å². The minimum atomic E-state index is -0.372. The van der Waals surface area contributed by atoms with Gasteiger partial charge in [0, 0.05) is 31.5 Å². The third kappa shape index (κ3) is 5.50. The quantitative estimate of drug-likeness (QED) is 0.181. The summed E-state index contributed by atoms with van der Waals surface area (Å²) in [4.78, 5) is 8.47. The van der Waals surface area contributed by atoms with Crippen LogP contribution in [0.1, 0.15) is 24.0 Å². The zero-order chi connectivity index (χ0) is 25.1. The number of hydrogen-bond acceptors (Lipinski definition) is 9. The van der Waals surface area contributed by atoms with Crippen molar-refractivity contribution < 1.29 is 4.39 Å². The Balaban J connectivity index is 1.23. The smallest absolute Gasteiger partial charge is 0.232 e. The minimum absolute atomic E-state index is 0.304. The molecule has 0 radical (unpaired) electrons. The maximum Gasteiger partial charge on any atom is 0.232 e. The number of hydrogen-bond donors (Lipinski definition) is 2. The van der Waals surface area contributed by atoms with Crippen LogP contribution in [-0.4, -0.2) is 25.1 Å². The molecular formula is C26H28FN7S2. The van der Waals surface area contributed by atoms with Crippen LogP contribution in [0.25, 0.3) is 0 Å². The lowest BCUT2D eigenvalue weighted by atomic mass is 10.1. The minimum Gasteiger partial charge on any atom is -0.363 e. The standard InChI is InChI=1S/C26H28FN7S2/c1-17-15-20(7-8-21(17)30-32-26-28-16-23(27)35-26)33(3)22-9-6-19(14-18(22)2)29-31-24-10-11-25(36-24)34-12-4-5-13-34/h6-11,14-16,29,31H,4-5,12-13H2,1-3H3. The Morgan fingerprint density at radius 3 is 2.50 bits per heavy atom. The van der Waals surface area contributed by atoms with Crippen molar-refractivity contribution in [3.63, 3.8) is 0 Å². The highest BCUT2D eigenvalue weighted by Crippen LogP contribution is 2.34. The van der Waals surface area contributed by atoms with Gasteiger partial charge in [0.1, 0.15) is 5.00 Å². The molecule has 3 heterocycles. The van der Waals surface area contributed by atoms with E-state index < -0.39 is 0 Å². The molecule has 1 saturated heterocycles. The van der Waals surface area contributed by atoms with Crippen LogP contribution in [0, 0.1) is 19.0 Å². The predicted molar refractivity (Wildman–Crippen MR) is 150 cm³/mol. The Morgan fingerprint density at radius 2 is 1.78 bits per heavy atom. The molecule has 0 amide bonds. The van der Waals surface area contributed by atoms with Gasteiger partial charge in [-0.2, -0.15) is 4.39 Å². The summed E-state index contributed by atoms with van der Waals surface area (Å²) in [5.41, 5.74) is 12.7. The number of hydrazine groups is 1. The first-order valence-corrected chi connectivity index (χ1v) is 13.4. The van der Waals surface area contributed by atoms with Gasteiger partial charge in [0.25, 0.3) is 0 Å². The van der Waals surface area contributed by atoms with E-state index >= 15 is 0 Å². The summed E-state index contributed by atoms with van der Waals surface area (Å²) in [5, 5.41) is 10.6. The lowest BCUT2D eigenvalue weighted by Crippen LogP contribution is -2.15. The number of anilines is 5. The zero-order valence-corrected chi connectivity index (χ0v) is 22.1. The predicted octanol–water partition coefficient (Wildman–Crippen LogP) is 8.18. The molecule has 0 bridgehead atoms. The molecule has 0 spiro atoms. The van der Waals surface area contributed by atoms with Crippen LogP contribution in [0.5, 0.6) is 0 Å². The average molecular weight is 522 g/mol. The SMILES string of the molecule is Cc1cc(N(C)c2ccc(NNc3ccc(N4CCCC4)s3)cc2C)ccc1N=Nc1ncc(F)s1. The van der Waals surface area contributed by atoms with Crippen LogP contribution in [0.4, 0.5) is 42.3 Å². The van der Waals surface area contributed by atoms with Crippen molar-refractivity contribution in [2.45, 2.75) is 26.7 Å². The summed E-state index contributed by atoms with van der Waals surface area (Å²) >= 11 is 2.65. The summed E-state index contributed by atoms with van der Waals surface area (Å²) < 4.78 is 13.1. The molecule has 2 N–H and O–H groups in total. The number of aromatic nitrogens is 1. The van der Waals surface area contributed by atoms with E-state index in [9.17, 15) is 4.39 Å². The van der Waals surface area contributed by atoms with Crippen LogP contribution in [0.15, 0.2) is 65.0 Å². The fourth-order valence-electron chi connectivity index (χ4n) is 4.23. The van der Waals surface area contributed by atoms with E-state index in [2.05, 4.69) is 79.2 Å². The Morgan fingerprint density at radius 1 is 0.944 bits per heavy atom. The largest absolute Gasteiger partial charge is 0.363 e. The third-order valence-corrected chi connectivity index (χ3v) is 7.91. The van der Waals surface area contributed by atoms with Gasteiger partial charge in [0.2, 0.25) is 5.13 Å². The molecule has 186 valence electrons. The van der Waals surface area contributed by atoms with Crippen molar-refractivity contribution in [3.05, 3.63) is 71.0 Å². The summed E-state index contributed by atoms with van der Waals surface area (Å²) in [5.74, 6) is 0. The van der Waals surface area contributed by atoms with Gasteiger partial charge in [-0.05, 0) is 86.3 Å². The molecule has 0 aliphatic carbocycles. The number of azo groups is 1. The second kappa shape index (κ2) is 10.6. The molecule has 0 saturated carbocycles. The maximum absolute atomic E-state index is 13.1. The van der Waals surface area contributed by atoms with Crippen LogP contribution in [0.3, 0.4) is 0 Å². The first-order chi connectivity index (χ1) is 17.5. The Bertz CT molecular complexity index is 1370. The second-order valence-electron chi connectivity index (χ2n) is 8.76. The van der Waals surface area contributed by atoms with Gasteiger partial charge < -0.3 is 15.2 Å². The normalized spacial score (nSPS) is 13.5. The average Bonchev–Trinajstić information content (AvgIpc) is 3.64. The van der Waals surface area contributed by atoms with Crippen LogP contribution >= 0.6 is 22.7 Å². The van der Waals surface area contributed by atoms with Gasteiger partial charge in [-0.3, -0.25) is 5.43 Å². The first kappa shape index (κ1) is 24.2. The molecule has 1 aliphatic heterocycles. The number of aryl methyl sites for hydroxylation is 2. The molecule has 1 aliphatic rings. The van der Waals surface area contributed by atoms with Crippen LogP contribution in [-0.2, 0) is 0 Å². The van der Waals surface area contributed by atoms with E-state index in [0.29, 0.717) is 5.13 Å². The number of nitrogens with one attached hydrogen (secondary N) is 2. The summed E-state index contributed by atoms with van der Waals surface area (Å²) in [6.07, 6.45) is 3.71. The van der Waals surface area contributed by atoms with E-state index in [1.807, 2.05) is 26.1 Å². The monoisotopic (exact) mass is 521 g/mol. The van der Waals surface area contributed by atoms with Crippen molar-refractivity contribution >= 4 is 60.6 Å². The molecule has 7 nitrogen and oxygen atoms in total. The number of nitrogens with zero attached hydrogens (tertiary/aromatic N) is 5. The topological polar surface area (TPSA) is 68.2 Å². The van der Waals surface area contributed by atoms with E-state index in [1.54, 1.807) is 11.3 Å². The van der Waals surface area contributed by atoms with Crippen molar-refractivity contribution in [1.82, 2.24) is 4.98 Å². The molecule has 36 heavy (non-hydrogen) atoms. The van der Waals surface area contributed by atoms with Gasteiger partial charge in [-0.15, -0.1) is 10.2 Å². The fraction of sp³-hybridized carbons (Fsp3) is 0.269. The van der Waals surface area contributed by atoms with E-state index in [1.165, 1.54) is 17.8 Å². The number of benzene rings is 2. The summed E-state index contributed by atoms with van der Waals surface area (Å²) in [6, 6.07) is 16.6. The summed E-state index contributed by atoms with van der Waals surface area (Å²) in [7, 11) is 2.05. The fourth-order valence-corrected chi connectivity index (χ4v) is 5.61. The first-order valence-electron chi connectivity index (χ1n) is 11.8. The van der Waals surface area contributed by atoms with Crippen LogP contribution < -0.4 is 20.7 Å². The molecule has 2 aromatic carbocycles. The Labute approximate surface area is 218 Å². The number of thiazole rings is 1. The zero-order valence-electron chi connectivity index (χ0n) is 20.5. The van der Waals surface area contributed by atoms with Crippen molar-refractivity contribution in [3.8, 4) is 0 Å². The molecule has 4 aromatic rings. The molecule has 10 heteroatoms. The number of halogens is 1. The second-order valence-corrected chi connectivity index (χ2v) is 10.8. The molecule has 5 rings (SSSR count). The highest BCUT2D eigenvalue weighted by molar-refractivity contribution is 7.20. The van der Waals surface area contributed by atoms with Crippen molar-refractivity contribution in [1.29, 1.82) is 0 Å². The Kier molecular flexibility index (Phi) is 7.15. The number of rotatable bonds is 8. The van der Waals surface area contributed by atoms with Gasteiger partial charge in [0.05, 0.1) is 22.6 Å². The van der Waals surface area contributed by atoms with Crippen molar-refractivity contribution in [2.24, 2.45) is 10.2 Å². The highest BCUT2D eigenvalue weighted by atomic mass is 32.1.